The maximum atomic E-state index is 12.7. The smallest absolute Gasteiger partial charge is 0.265 e. The quantitative estimate of drug-likeness (QED) is 0.719. The lowest BCUT2D eigenvalue weighted by Gasteiger charge is -2.09. The van der Waals surface area contributed by atoms with Gasteiger partial charge in [-0.1, -0.05) is 26.0 Å². The van der Waals surface area contributed by atoms with Crippen LogP contribution in [-0.2, 0) is 6.54 Å². The molecule has 0 saturated heterocycles. The highest BCUT2D eigenvalue weighted by molar-refractivity contribution is 7.20. The zero-order valence-corrected chi connectivity index (χ0v) is 16.1. The van der Waals surface area contributed by atoms with Crippen LogP contribution in [0.1, 0.15) is 39.6 Å². The molecule has 2 N–H and O–H groups in total. The molecular formula is C19H22N4O2S. The predicted octanol–water partition coefficient (Wildman–Crippen LogP) is 3.67. The van der Waals surface area contributed by atoms with E-state index in [2.05, 4.69) is 29.6 Å². The Kier molecular flexibility index (Phi) is 5.08. The molecule has 0 aliphatic heterocycles. The van der Waals surface area contributed by atoms with Crippen LogP contribution in [0.3, 0.4) is 0 Å². The molecule has 0 spiro atoms. The topological polar surface area (TPSA) is 76.0 Å². The van der Waals surface area contributed by atoms with Gasteiger partial charge >= 0.3 is 0 Å². The van der Waals surface area contributed by atoms with Gasteiger partial charge in [-0.25, -0.2) is 0 Å². The highest BCUT2D eigenvalue weighted by atomic mass is 32.1. The Balaban J connectivity index is 1.91. The van der Waals surface area contributed by atoms with Gasteiger partial charge in [0.15, 0.2) is 0 Å². The van der Waals surface area contributed by atoms with Crippen molar-refractivity contribution in [1.29, 1.82) is 0 Å². The summed E-state index contributed by atoms with van der Waals surface area (Å²) in [6.45, 7) is 7.04. The van der Waals surface area contributed by atoms with E-state index in [0.717, 1.165) is 22.5 Å². The van der Waals surface area contributed by atoms with Crippen LogP contribution in [0.4, 0.5) is 5.69 Å². The summed E-state index contributed by atoms with van der Waals surface area (Å²) in [7, 11) is 1.57. The first-order valence-corrected chi connectivity index (χ1v) is 9.31. The van der Waals surface area contributed by atoms with Gasteiger partial charge in [-0.05, 0) is 31.0 Å². The number of aryl methyl sites for hydroxylation is 1. The SMILES string of the molecule is CNC(=O)c1ccccc1NC(=O)c1cc2c(C)nn(CC(C)C)c2s1. The van der Waals surface area contributed by atoms with Gasteiger partial charge in [0.05, 0.1) is 21.8 Å². The van der Waals surface area contributed by atoms with Gasteiger partial charge in [0.25, 0.3) is 11.8 Å². The second kappa shape index (κ2) is 7.29. The third-order valence-corrected chi connectivity index (χ3v) is 5.16. The van der Waals surface area contributed by atoms with E-state index in [9.17, 15) is 9.59 Å². The molecule has 26 heavy (non-hydrogen) atoms. The molecule has 0 atom stereocenters. The summed E-state index contributed by atoms with van der Waals surface area (Å²) in [5.74, 6) is 0.00928. The van der Waals surface area contributed by atoms with Crippen LogP contribution >= 0.6 is 11.3 Å². The number of thiophene rings is 1. The zero-order chi connectivity index (χ0) is 18.8. The van der Waals surface area contributed by atoms with E-state index < -0.39 is 0 Å². The van der Waals surface area contributed by atoms with E-state index in [1.54, 1.807) is 31.3 Å². The molecule has 3 aromatic rings. The van der Waals surface area contributed by atoms with E-state index in [-0.39, 0.29) is 11.8 Å². The number of hydrogen-bond donors (Lipinski definition) is 2. The molecule has 136 valence electrons. The van der Waals surface area contributed by atoms with Gasteiger partial charge < -0.3 is 10.6 Å². The number of aromatic nitrogens is 2. The molecule has 3 rings (SSSR count). The monoisotopic (exact) mass is 370 g/mol. The number of para-hydroxylation sites is 1. The number of amides is 2. The summed E-state index contributed by atoms with van der Waals surface area (Å²) < 4.78 is 1.97. The summed E-state index contributed by atoms with van der Waals surface area (Å²) in [4.78, 5) is 26.3. The van der Waals surface area contributed by atoms with E-state index in [1.165, 1.54) is 11.3 Å². The molecule has 0 saturated carbocycles. The number of hydrogen-bond acceptors (Lipinski definition) is 4. The molecule has 2 amide bonds. The molecule has 2 aromatic heterocycles. The van der Waals surface area contributed by atoms with Crippen molar-refractivity contribution in [2.75, 3.05) is 12.4 Å². The Morgan fingerprint density at radius 1 is 1.23 bits per heavy atom. The number of fused-ring (bicyclic) bond motifs is 1. The third-order valence-electron chi connectivity index (χ3n) is 4.02. The first kappa shape index (κ1) is 18.1. The Hall–Kier alpha value is -2.67. The lowest BCUT2D eigenvalue weighted by Crippen LogP contribution is -2.21. The highest BCUT2D eigenvalue weighted by Crippen LogP contribution is 2.29. The van der Waals surface area contributed by atoms with Crippen LogP contribution in [0, 0.1) is 12.8 Å². The minimum Gasteiger partial charge on any atom is -0.355 e. The fourth-order valence-corrected chi connectivity index (χ4v) is 3.87. The van der Waals surface area contributed by atoms with Gasteiger partial charge in [-0.15, -0.1) is 11.3 Å². The second-order valence-corrected chi connectivity index (χ2v) is 7.60. The van der Waals surface area contributed by atoms with Gasteiger partial charge in [-0.3, -0.25) is 14.3 Å². The van der Waals surface area contributed by atoms with Crippen molar-refractivity contribution in [3.05, 3.63) is 46.5 Å². The molecule has 6 nitrogen and oxygen atoms in total. The lowest BCUT2D eigenvalue weighted by atomic mass is 10.1. The van der Waals surface area contributed by atoms with Crippen molar-refractivity contribution in [3.8, 4) is 0 Å². The summed E-state index contributed by atoms with van der Waals surface area (Å²) >= 11 is 1.42. The number of nitrogens with zero attached hydrogens (tertiary/aromatic N) is 2. The van der Waals surface area contributed by atoms with E-state index in [0.29, 0.717) is 22.0 Å². The van der Waals surface area contributed by atoms with Crippen LogP contribution in [0.2, 0.25) is 0 Å². The van der Waals surface area contributed by atoms with E-state index in [1.807, 2.05) is 17.7 Å². The van der Waals surface area contributed by atoms with Crippen LogP contribution in [0.25, 0.3) is 10.2 Å². The average Bonchev–Trinajstić information content (AvgIpc) is 3.16. The van der Waals surface area contributed by atoms with Crippen LogP contribution in [0.15, 0.2) is 30.3 Å². The van der Waals surface area contributed by atoms with Crippen LogP contribution < -0.4 is 10.6 Å². The zero-order valence-electron chi connectivity index (χ0n) is 15.3. The first-order valence-electron chi connectivity index (χ1n) is 8.50. The predicted molar refractivity (Wildman–Crippen MR) is 105 cm³/mol. The first-order chi connectivity index (χ1) is 12.4. The number of carbonyl (C=O) groups is 2. The maximum absolute atomic E-state index is 12.7. The molecule has 0 unspecified atom stereocenters. The number of carbonyl (C=O) groups excluding carboxylic acids is 2. The van der Waals surface area contributed by atoms with Gasteiger partial charge in [-0.2, -0.15) is 5.10 Å². The summed E-state index contributed by atoms with van der Waals surface area (Å²) in [6.07, 6.45) is 0. The van der Waals surface area contributed by atoms with Crippen molar-refractivity contribution >= 4 is 39.1 Å². The number of anilines is 1. The van der Waals surface area contributed by atoms with E-state index in [4.69, 9.17) is 0 Å². The standard InChI is InChI=1S/C19H22N4O2S/c1-11(2)10-23-19-14(12(3)22-23)9-16(26-19)18(25)21-15-8-6-5-7-13(15)17(24)20-4/h5-9,11H,10H2,1-4H3,(H,20,24)(H,21,25). The molecule has 0 radical (unpaired) electrons. The fourth-order valence-electron chi connectivity index (χ4n) is 2.80. The molecular weight excluding hydrogens is 348 g/mol. The number of nitrogens with one attached hydrogen (secondary N) is 2. The van der Waals surface area contributed by atoms with Gasteiger partial charge in [0, 0.05) is 19.0 Å². The molecule has 0 aliphatic rings. The van der Waals surface area contributed by atoms with Crippen LogP contribution in [0.5, 0.6) is 0 Å². The molecule has 2 heterocycles. The number of benzene rings is 1. The Bertz CT molecular complexity index is 971. The van der Waals surface area contributed by atoms with Crippen molar-refractivity contribution in [2.45, 2.75) is 27.3 Å². The maximum Gasteiger partial charge on any atom is 0.265 e. The molecule has 7 heteroatoms. The Morgan fingerprint density at radius 2 is 1.96 bits per heavy atom. The fraction of sp³-hybridized carbons (Fsp3) is 0.316. The highest BCUT2D eigenvalue weighted by Gasteiger charge is 2.18. The normalized spacial score (nSPS) is 11.1. The summed E-state index contributed by atoms with van der Waals surface area (Å²) in [5, 5.41) is 11.0. The average molecular weight is 370 g/mol. The third kappa shape index (κ3) is 3.48. The lowest BCUT2D eigenvalue weighted by molar-refractivity contribution is 0.0964. The van der Waals surface area contributed by atoms with Gasteiger partial charge in [0.1, 0.15) is 4.83 Å². The second-order valence-electron chi connectivity index (χ2n) is 6.57. The van der Waals surface area contributed by atoms with Crippen molar-refractivity contribution in [3.63, 3.8) is 0 Å². The summed E-state index contributed by atoms with van der Waals surface area (Å²) in [6, 6.07) is 8.84. The Labute approximate surface area is 156 Å². The molecule has 0 fully saturated rings. The van der Waals surface area contributed by atoms with Crippen molar-refractivity contribution in [2.24, 2.45) is 5.92 Å². The summed E-state index contributed by atoms with van der Waals surface area (Å²) in [5.41, 5.74) is 1.85. The van der Waals surface area contributed by atoms with Crippen molar-refractivity contribution < 1.29 is 9.59 Å². The Morgan fingerprint density at radius 3 is 2.65 bits per heavy atom. The minimum absolute atomic E-state index is 0.224. The van der Waals surface area contributed by atoms with E-state index >= 15 is 0 Å². The van der Waals surface area contributed by atoms with Crippen LogP contribution in [-0.4, -0.2) is 28.6 Å². The largest absolute Gasteiger partial charge is 0.355 e. The minimum atomic E-state index is -0.235. The van der Waals surface area contributed by atoms with Gasteiger partial charge in [0.2, 0.25) is 0 Å². The molecule has 1 aromatic carbocycles. The molecule has 0 aliphatic carbocycles. The molecule has 0 bridgehead atoms. The number of rotatable bonds is 5. The van der Waals surface area contributed by atoms with Crippen molar-refractivity contribution in [1.82, 2.24) is 15.1 Å².